The van der Waals surface area contributed by atoms with Crippen LogP contribution in [0, 0.1) is 0 Å². The minimum atomic E-state index is -0.339. The van der Waals surface area contributed by atoms with Crippen molar-refractivity contribution in [3.05, 3.63) is 77.6 Å². The third-order valence-corrected chi connectivity index (χ3v) is 5.65. The first-order valence-corrected chi connectivity index (χ1v) is 10.5. The number of rotatable bonds is 10. The van der Waals surface area contributed by atoms with E-state index in [0.29, 0.717) is 33.9 Å². The van der Waals surface area contributed by atoms with Crippen LogP contribution in [0.25, 0.3) is 0 Å². The van der Waals surface area contributed by atoms with E-state index in [0.717, 1.165) is 5.75 Å². The second-order valence-electron chi connectivity index (χ2n) is 6.39. The van der Waals surface area contributed by atoms with Crippen molar-refractivity contribution in [3.8, 4) is 11.5 Å². The molecule has 0 radical (unpaired) electrons. The van der Waals surface area contributed by atoms with Gasteiger partial charge in [0.2, 0.25) is 0 Å². The Morgan fingerprint density at radius 1 is 1.17 bits per heavy atom. The van der Waals surface area contributed by atoms with Crippen LogP contribution in [-0.2, 0) is 13.2 Å². The number of ketones is 1. The van der Waals surface area contributed by atoms with E-state index in [2.05, 4.69) is 16.8 Å². The maximum Gasteiger partial charge on any atom is 0.192 e. The number of nitrogens with zero attached hydrogens (tertiary/aromatic N) is 3. The number of hydrogen-bond acceptors (Lipinski definition) is 6. The molecule has 3 aromatic rings. The third-order valence-electron chi connectivity index (χ3n) is 4.31. The molecule has 1 unspecified atom stereocenters. The molecule has 30 heavy (non-hydrogen) atoms. The van der Waals surface area contributed by atoms with Crippen LogP contribution in [0.2, 0.25) is 5.02 Å². The number of allylic oxidation sites excluding steroid dienone is 1. The van der Waals surface area contributed by atoms with E-state index in [-0.39, 0.29) is 17.6 Å². The largest absolute Gasteiger partial charge is 0.497 e. The second-order valence-corrected chi connectivity index (χ2v) is 8.14. The molecule has 0 aliphatic heterocycles. The zero-order chi connectivity index (χ0) is 21.5. The van der Waals surface area contributed by atoms with Crippen LogP contribution in [0.1, 0.15) is 23.1 Å². The molecule has 0 aliphatic rings. The molecule has 0 N–H and O–H groups in total. The van der Waals surface area contributed by atoms with Crippen LogP contribution in [0.5, 0.6) is 11.5 Å². The van der Waals surface area contributed by atoms with Crippen LogP contribution in [0.15, 0.2) is 66.3 Å². The molecule has 156 valence electrons. The standard InChI is InChI=1S/C22H22ClN3O3S/c1-4-13-26-20(14-29-19-11-9-18(28-3)10-12-19)24-25-22(26)30-15(2)21(27)16-5-7-17(23)8-6-16/h4-12,15H,1,13-14H2,2-3H3. The summed E-state index contributed by atoms with van der Waals surface area (Å²) in [4.78, 5) is 12.7. The highest BCUT2D eigenvalue weighted by atomic mass is 35.5. The minimum Gasteiger partial charge on any atom is -0.497 e. The number of benzene rings is 2. The molecule has 1 heterocycles. The topological polar surface area (TPSA) is 66.2 Å². The van der Waals surface area contributed by atoms with Gasteiger partial charge in [-0.2, -0.15) is 0 Å². The van der Waals surface area contributed by atoms with E-state index >= 15 is 0 Å². The van der Waals surface area contributed by atoms with Gasteiger partial charge in [0.1, 0.15) is 18.1 Å². The molecule has 0 bridgehead atoms. The van der Waals surface area contributed by atoms with Crippen LogP contribution in [0.3, 0.4) is 0 Å². The fraction of sp³-hybridized carbons (Fsp3) is 0.227. The zero-order valence-electron chi connectivity index (χ0n) is 16.7. The predicted octanol–water partition coefficient (Wildman–Crippen LogP) is 5.07. The number of carbonyl (C=O) groups is 1. The molecule has 0 saturated heterocycles. The lowest BCUT2D eigenvalue weighted by Crippen LogP contribution is -2.15. The van der Waals surface area contributed by atoms with Crippen molar-refractivity contribution in [2.45, 2.75) is 30.5 Å². The minimum absolute atomic E-state index is 0.000789. The number of thioether (sulfide) groups is 1. The first kappa shape index (κ1) is 21.9. The zero-order valence-corrected chi connectivity index (χ0v) is 18.3. The van der Waals surface area contributed by atoms with Gasteiger partial charge in [-0.3, -0.25) is 9.36 Å². The summed E-state index contributed by atoms with van der Waals surface area (Å²) in [5, 5.41) is 9.40. The van der Waals surface area contributed by atoms with Crippen LogP contribution in [0.4, 0.5) is 0 Å². The molecule has 3 rings (SSSR count). The van der Waals surface area contributed by atoms with Gasteiger partial charge in [0.15, 0.2) is 16.8 Å². The molecule has 0 aliphatic carbocycles. The van der Waals surface area contributed by atoms with Gasteiger partial charge in [0.05, 0.1) is 12.4 Å². The van der Waals surface area contributed by atoms with Crippen LogP contribution >= 0.6 is 23.4 Å². The Hall–Kier alpha value is -2.77. The highest BCUT2D eigenvalue weighted by Gasteiger charge is 2.21. The summed E-state index contributed by atoms with van der Waals surface area (Å²) < 4.78 is 12.9. The smallest absolute Gasteiger partial charge is 0.192 e. The lowest BCUT2D eigenvalue weighted by molar-refractivity contribution is 0.0994. The van der Waals surface area contributed by atoms with Gasteiger partial charge in [0, 0.05) is 17.1 Å². The summed E-state index contributed by atoms with van der Waals surface area (Å²) in [6.07, 6.45) is 1.76. The normalized spacial score (nSPS) is 11.7. The molecule has 0 amide bonds. The van der Waals surface area contributed by atoms with E-state index in [1.54, 1.807) is 37.5 Å². The molecular formula is C22H22ClN3O3S. The lowest BCUT2D eigenvalue weighted by atomic mass is 10.1. The summed E-state index contributed by atoms with van der Waals surface area (Å²) in [5.74, 6) is 2.11. The Bertz CT molecular complexity index is 1000. The van der Waals surface area contributed by atoms with Gasteiger partial charge in [-0.25, -0.2) is 0 Å². The van der Waals surface area contributed by atoms with Crippen molar-refractivity contribution >= 4 is 29.1 Å². The summed E-state index contributed by atoms with van der Waals surface area (Å²) in [7, 11) is 1.62. The molecule has 0 saturated carbocycles. The number of Topliss-reactive ketones (excluding diaryl/α,β-unsaturated/α-hetero) is 1. The number of aromatic nitrogens is 3. The highest BCUT2D eigenvalue weighted by molar-refractivity contribution is 8.00. The average molecular weight is 444 g/mol. The van der Waals surface area contributed by atoms with Gasteiger partial charge < -0.3 is 9.47 Å². The van der Waals surface area contributed by atoms with E-state index < -0.39 is 0 Å². The first-order valence-electron chi connectivity index (χ1n) is 9.28. The van der Waals surface area contributed by atoms with Gasteiger partial charge in [0.25, 0.3) is 0 Å². The maximum absolute atomic E-state index is 12.7. The van der Waals surface area contributed by atoms with Gasteiger partial charge in [-0.1, -0.05) is 29.4 Å². The van der Waals surface area contributed by atoms with Crippen molar-refractivity contribution in [1.82, 2.24) is 14.8 Å². The Balaban J connectivity index is 1.70. The number of ether oxygens (including phenoxy) is 2. The van der Waals surface area contributed by atoms with E-state index in [9.17, 15) is 4.79 Å². The number of carbonyl (C=O) groups excluding carboxylic acids is 1. The molecule has 0 fully saturated rings. The fourth-order valence-corrected chi connectivity index (χ4v) is 3.79. The molecule has 6 nitrogen and oxygen atoms in total. The Labute approximate surface area is 184 Å². The Kier molecular flexibility index (Phi) is 7.54. The summed E-state index contributed by atoms with van der Waals surface area (Å²) in [5.41, 5.74) is 0.609. The quantitative estimate of drug-likeness (QED) is 0.247. The maximum atomic E-state index is 12.7. The molecule has 1 atom stereocenters. The number of hydrogen-bond donors (Lipinski definition) is 0. The number of halogens is 1. The van der Waals surface area contributed by atoms with Crippen LogP contribution in [-0.4, -0.2) is 32.9 Å². The van der Waals surface area contributed by atoms with Crippen molar-refractivity contribution in [2.75, 3.05) is 7.11 Å². The number of methoxy groups -OCH3 is 1. The first-order chi connectivity index (χ1) is 14.5. The van der Waals surface area contributed by atoms with E-state index in [4.69, 9.17) is 21.1 Å². The summed E-state index contributed by atoms with van der Waals surface area (Å²) >= 11 is 7.26. The third kappa shape index (κ3) is 5.43. The summed E-state index contributed by atoms with van der Waals surface area (Å²) in [6, 6.07) is 14.2. The highest BCUT2D eigenvalue weighted by Crippen LogP contribution is 2.26. The van der Waals surface area contributed by atoms with E-state index in [1.807, 2.05) is 35.8 Å². The monoisotopic (exact) mass is 443 g/mol. The van der Waals surface area contributed by atoms with Crippen molar-refractivity contribution in [1.29, 1.82) is 0 Å². The SMILES string of the molecule is C=CCn1c(COc2ccc(OC)cc2)nnc1SC(C)C(=O)c1ccc(Cl)cc1. The second kappa shape index (κ2) is 10.3. The Morgan fingerprint density at radius 3 is 2.47 bits per heavy atom. The van der Waals surface area contributed by atoms with Crippen molar-refractivity contribution in [2.24, 2.45) is 0 Å². The average Bonchev–Trinajstić information content (AvgIpc) is 3.14. The van der Waals surface area contributed by atoms with Gasteiger partial charge in [-0.05, 0) is 55.5 Å². The van der Waals surface area contributed by atoms with Crippen molar-refractivity contribution in [3.63, 3.8) is 0 Å². The van der Waals surface area contributed by atoms with Crippen LogP contribution < -0.4 is 9.47 Å². The predicted molar refractivity (Wildman–Crippen MR) is 119 cm³/mol. The molecule has 8 heteroatoms. The molecule has 1 aromatic heterocycles. The molecule has 2 aromatic carbocycles. The van der Waals surface area contributed by atoms with Crippen molar-refractivity contribution < 1.29 is 14.3 Å². The lowest BCUT2D eigenvalue weighted by Gasteiger charge is -2.12. The summed E-state index contributed by atoms with van der Waals surface area (Å²) in [6.45, 7) is 6.41. The van der Waals surface area contributed by atoms with Gasteiger partial charge in [-0.15, -0.1) is 16.8 Å². The van der Waals surface area contributed by atoms with Gasteiger partial charge >= 0.3 is 0 Å². The fourth-order valence-electron chi connectivity index (χ4n) is 2.71. The Morgan fingerprint density at radius 2 is 1.83 bits per heavy atom. The molecule has 0 spiro atoms. The molecular weight excluding hydrogens is 422 g/mol. The van der Waals surface area contributed by atoms with E-state index in [1.165, 1.54) is 11.8 Å².